The molecule has 0 amide bonds. The largest absolute Gasteiger partial charge is 0.395 e. The minimum Gasteiger partial charge on any atom is -0.395 e. The van der Waals surface area contributed by atoms with Crippen molar-refractivity contribution in [3.05, 3.63) is 47.3 Å². The van der Waals surface area contributed by atoms with Crippen LogP contribution in [0.2, 0.25) is 0 Å². The fraction of sp³-hybridized carbons (Fsp3) is 0.462. The maximum atomic E-state index is 10.00. The Kier molecular flexibility index (Phi) is 6.17. The molecule has 3 aromatic rings. The first-order chi connectivity index (χ1) is 16.9. The number of aryl methyl sites for hydroxylation is 1. The number of benzene rings is 1. The Balaban J connectivity index is 1.43. The highest BCUT2D eigenvalue weighted by Gasteiger charge is 2.36. The molecule has 0 radical (unpaired) electrons. The molecular weight excluding hydrogens is 440 g/mol. The second kappa shape index (κ2) is 9.29. The van der Waals surface area contributed by atoms with E-state index < -0.39 is 5.41 Å². The summed E-state index contributed by atoms with van der Waals surface area (Å²) >= 11 is 0. The lowest BCUT2D eigenvalue weighted by atomic mass is 9.83. The second-order valence-electron chi connectivity index (χ2n) is 10.1. The zero-order valence-corrected chi connectivity index (χ0v) is 20.5. The number of nitrogens with zero attached hydrogens (tertiary/aromatic N) is 6. The van der Waals surface area contributed by atoms with Crippen LogP contribution in [0.15, 0.2) is 30.5 Å². The molecule has 3 N–H and O–H groups in total. The molecule has 9 heteroatoms. The Morgan fingerprint density at radius 3 is 2.97 bits per heavy atom. The Hall–Kier alpha value is -3.48. The van der Waals surface area contributed by atoms with Crippen LogP contribution in [0.25, 0.3) is 11.3 Å². The van der Waals surface area contributed by atoms with Gasteiger partial charge in [-0.2, -0.15) is 10.4 Å². The molecule has 1 saturated heterocycles. The average Bonchev–Trinajstić information content (AvgIpc) is 3.38. The first-order valence-corrected chi connectivity index (χ1v) is 12.2. The van der Waals surface area contributed by atoms with E-state index in [1.54, 1.807) is 6.20 Å². The van der Waals surface area contributed by atoms with Gasteiger partial charge in [-0.3, -0.25) is 0 Å². The highest BCUT2D eigenvalue weighted by Crippen LogP contribution is 2.41. The summed E-state index contributed by atoms with van der Waals surface area (Å²) < 4.78 is 2.02. The van der Waals surface area contributed by atoms with E-state index in [0.717, 1.165) is 48.0 Å². The number of piperidine rings is 1. The van der Waals surface area contributed by atoms with Gasteiger partial charge < -0.3 is 20.6 Å². The van der Waals surface area contributed by atoms with Crippen molar-refractivity contribution in [2.24, 2.45) is 5.92 Å². The SMILES string of the molecule is Cc1cc(Nc2nccc(-c3cc(C#N)c4c(c3)[C@@](C)(CO)CN4)n2)n(C[C@@H]2CCCN(C)C2)n1. The molecule has 0 aliphatic carbocycles. The number of anilines is 3. The summed E-state index contributed by atoms with van der Waals surface area (Å²) in [5, 5.41) is 31.1. The molecule has 0 unspecified atom stereocenters. The number of fused-ring (bicyclic) bond motifs is 1. The number of nitrogens with one attached hydrogen (secondary N) is 2. The van der Waals surface area contributed by atoms with Crippen molar-refractivity contribution in [1.82, 2.24) is 24.6 Å². The van der Waals surface area contributed by atoms with Crippen molar-refractivity contribution >= 4 is 17.5 Å². The van der Waals surface area contributed by atoms with Crippen LogP contribution >= 0.6 is 0 Å². The third kappa shape index (κ3) is 4.59. The summed E-state index contributed by atoms with van der Waals surface area (Å²) in [6, 6.07) is 10.0. The monoisotopic (exact) mass is 472 g/mol. The van der Waals surface area contributed by atoms with Gasteiger partial charge in [-0.15, -0.1) is 0 Å². The minimum absolute atomic E-state index is 0.00196. The molecule has 2 aliphatic rings. The summed E-state index contributed by atoms with van der Waals surface area (Å²) in [5.41, 5.74) is 4.33. The lowest BCUT2D eigenvalue weighted by molar-refractivity contribution is 0.191. The van der Waals surface area contributed by atoms with E-state index in [4.69, 9.17) is 10.1 Å². The molecule has 182 valence electrons. The van der Waals surface area contributed by atoms with Gasteiger partial charge in [0.05, 0.1) is 29.2 Å². The first-order valence-electron chi connectivity index (χ1n) is 12.2. The van der Waals surface area contributed by atoms with Gasteiger partial charge in [0.25, 0.3) is 0 Å². The summed E-state index contributed by atoms with van der Waals surface area (Å²) in [4.78, 5) is 11.6. The van der Waals surface area contributed by atoms with Gasteiger partial charge in [0.1, 0.15) is 11.9 Å². The third-order valence-electron chi connectivity index (χ3n) is 7.16. The van der Waals surface area contributed by atoms with Gasteiger partial charge >= 0.3 is 0 Å². The van der Waals surface area contributed by atoms with Crippen molar-refractivity contribution in [3.63, 3.8) is 0 Å². The van der Waals surface area contributed by atoms with Gasteiger partial charge in [-0.05, 0) is 63.0 Å². The molecule has 9 nitrogen and oxygen atoms in total. The molecule has 2 atom stereocenters. The number of likely N-dealkylation sites (tertiary alicyclic amines) is 1. The van der Waals surface area contributed by atoms with Crippen LogP contribution in [-0.4, -0.2) is 63.0 Å². The number of hydrogen-bond acceptors (Lipinski definition) is 8. The first kappa shape index (κ1) is 23.3. The number of aliphatic hydroxyl groups is 1. The number of rotatable bonds is 6. The van der Waals surface area contributed by atoms with Crippen LogP contribution in [0.5, 0.6) is 0 Å². The lowest BCUT2D eigenvalue weighted by Gasteiger charge is -2.29. The fourth-order valence-corrected chi connectivity index (χ4v) is 5.21. The van der Waals surface area contributed by atoms with Crippen LogP contribution in [0.1, 0.15) is 36.6 Å². The van der Waals surface area contributed by atoms with E-state index in [-0.39, 0.29) is 6.61 Å². The lowest BCUT2D eigenvalue weighted by Crippen LogP contribution is -2.34. The van der Waals surface area contributed by atoms with Crippen molar-refractivity contribution in [3.8, 4) is 17.3 Å². The van der Waals surface area contributed by atoms with Gasteiger partial charge in [0, 0.05) is 42.9 Å². The molecule has 2 aliphatic heterocycles. The van der Waals surface area contributed by atoms with Crippen LogP contribution in [-0.2, 0) is 12.0 Å². The number of aromatic nitrogens is 4. The Bertz CT molecular complexity index is 1280. The molecule has 0 saturated carbocycles. The zero-order valence-electron chi connectivity index (χ0n) is 20.5. The summed E-state index contributed by atoms with van der Waals surface area (Å²) in [6.45, 7) is 7.66. The van der Waals surface area contributed by atoms with Crippen molar-refractivity contribution in [2.45, 2.75) is 38.6 Å². The van der Waals surface area contributed by atoms with E-state index in [1.807, 2.05) is 42.8 Å². The quantitative estimate of drug-likeness (QED) is 0.501. The van der Waals surface area contributed by atoms with E-state index in [2.05, 4.69) is 33.6 Å². The summed E-state index contributed by atoms with van der Waals surface area (Å²) in [6.07, 6.45) is 4.14. The standard InChI is InChI=1S/C26H32N8O/c1-17-9-23(34(32-17)14-18-5-4-8-33(3)13-18)31-25-28-7-6-22(30-25)19-10-20(12-27)24-21(11-19)26(2,16-35)15-29-24/h6-7,9-11,18,29,35H,4-5,8,13-16H2,1-3H3,(H,28,30,31)/t18-,26-/m1/s1. The van der Waals surface area contributed by atoms with Crippen molar-refractivity contribution in [2.75, 3.05) is 43.9 Å². The predicted octanol–water partition coefficient (Wildman–Crippen LogP) is 3.28. The highest BCUT2D eigenvalue weighted by atomic mass is 16.3. The highest BCUT2D eigenvalue weighted by molar-refractivity contribution is 5.76. The van der Waals surface area contributed by atoms with E-state index >= 15 is 0 Å². The van der Waals surface area contributed by atoms with Crippen molar-refractivity contribution in [1.29, 1.82) is 5.26 Å². The topological polar surface area (TPSA) is 115 Å². The smallest absolute Gasteiger partial charge is 0.228 e. The molecule has 4 heterocycles. The summed E-state index contributed by atoms with van der Waals surface area (Å²) in [7, 11) is 2.18. The van der Waals surface area contributed by atoms with E-state index in [1.165, 1.54) is 12.8 Å². The Morgan fingerprint density at radius 2 is 2.20 bits per heavy atom. The fourth-order valence-electron chi connectivity index (χ4n) is 5.21. The van der Waals surface area contributed by atoms with Crippen LogP contribution in [0, 0.1) is 24.2 Å². The Morgan fingerprint density at radius 1 is 1.34 bits per heavy atom. The zero-order chi connectivity index (χ0) is 24.6. The average molecular weight is 473 g/mol. The molecule has 2 aromatic heterocycles. The molecule has 5 rings (SSSR count). The van der Waals surface area contributed by atoms with Gasteiger partial charge in [0.15, 0.2) is 0 Å². The number of nitriles is 1. The molecule has 35 heavy (non-hydrogen) atoms. The normalized spacial score (nSPS) is 21.9. The van der Waals surface area contributed by atoms with Gasteiger partial charge in [-0.25, -0.2) is 14.6 Å². The summed E-state index contributed by atoms with van der Waals surface area (Å²) in [5.74, 6) is 1.91. The molecule has 0 spiro atoms. The molecule has 1 fully saturated rings. The number of aliphatic hydroxyl groups excluding tert-OH is 1. The van der Waals surface area contributed by atoms with E-state index in [9.17, 15) is 10.4 Å². The molecule has 0 bridgehead atoms. The molecular formula is C26H32N8O. The minimum atomic E-state index is -0.442. The van der Waals surface area contributed by atoms with Gasteiger partial charge in [-0.1, -0.05) is 6.92 Å². The van der Waals surface area contributed by atoms with Crippen molar-refractivity contribution < 1.29 is 5.11 Å². The van der Waals surface area contributed by atoms with Crippen LogP contribution < -0.4 is 10.6 Å². The predicted molar refractivity (Wildman–Crippen MR) is 136 cm³/mol. The Labute approximate surface area is 205 Å². The van der Waals surface area contributed by atoms with Gasteiger partial charge in [0.2, 0.25) is 5.95 Å². The number of hydrogen-bond donors (Lipinski definition) is 3. The maximum Gasteiger partial charge on any atom is 0.228 e. The van der Waals surface area contributed by atoms with Crippen LogP contribution in [0.4, 0.5) is 17.5 Å². The molecule has 1 aromatic carbocycles. The second-order valence-corrected chi connectivity index (χ2v) is 10.1. The maximum absolute atomic E-state index is 10.00. The third-order valence-corrected chi connectivity index (χ3v) is 7.16. The van der Waals surface area contributed by atoms with Crippen LogP contribution in [0.3, 0.4) is 0 Å². The van der Waals surface area contributed by atoms with E-state index in [0.29, 0.717) is 29.7 Å².